The van der Waals surface area contributed by atoms with Crippen LogP contribution in [0.5, 0.6) is 0 Å². The van der Waals surface area contributed by atoms with Gasteiger partial charge < -0.3 is 10.4 Å². The normalized spacial score (nSPS) is 12.8. The molecular formula is C12H17N3OS. The Kier molecular flexibility index (Phi) is 4.30. The summed E-state index contributed by atoms with van der Waals surface area (Å²) in [6.07, 6.45) is 2.32. The van der Waals surface area contributed by atoms with E-state index >= 15 is 0 Å². The Morgan fingerprint density at radius 3 is 3.06 bits per heavy atom. The molecule has 2 aromatic heterocycles. The zero-order valence-corrected chi connectivity index (χ0v) is 10.7. The average molecular weight is 251 g/mol. The van der Waals surface area contributed by atoms with E-state index in [4.69, 9.17) is 0 Å². The molecule has 1 atom stereocenters. The van der Waals surface area contributed by atoms with E-state index < -0.39 is 6.10 Å². The molecule has 0 aliphatic heterocycles. The minimum absolute atomic E-state index is 0.401. The number of thiophene rings is 1. The molecule has 0 spiro atoms. The van der Waals surface area contributed by atoms with Crippen molar-refractivity contribution in [2.24, 2.45) is 7.05 Å². The lowest BCUT2D eigenvalue weighted by molar-refractivity contribution is 0.179. The zero-order chi connectivity index (χ0) is 12.1. The first-order valence-corrected chi connectivity index (χ1v) is 6.54. The van der Waals surface area contributed by atoms with E-state index in [1.165, 1.54) is 5.69 Å². The van der Waals surface area contributed by atoms with Gasteiger partial charge in [0.1, 0.15) is 6.10 Å². The minimum atomic E-state index is -0.401. The van der Waals surface area contributed by atoms with E-state index in [1.54, 1.807) is 17.5 Å². The van der Waals surface area contributed by atoms with Crippen LogP contribution < -0.4 is 5.32 Å². The van der Waals surface area contributed by atoms with Crippen LogP contribution in [0, 0.1) is 0 Å². The summed E-state index contributed by atoms with van der Waals surface area (Å²) in [5.74, 6) is 0. The molecule has 2 heterocycles. The Hall–Kier alpha value is -1.17. The average Bonchev–Trinajstić information content (AvgIpc) is 2.96. The molecule has 2 N–H and O–H groups in total. The molecule has 0 amide bonds. The molecule has 1 unspecified atom stereocenters. The first-order chi connectivity index (χ1) is 8.27. The van der Waals surface area contributed by atoms with Crippen molar-refractivity contribution in [3.8, 4) is 0 Å². The van der Waals surface area contributed by atoms with E-state index in [0.717, 1.165) is 17.8 Å². The zero-order valence-electron chi connectivity index (χ0n) is 9.84. The highest BCUT2D eigenvalue weighted by atomic mass is 32.1. The fourth-order valence-corrected chi connectivity index (χ4v) is 2.40. The van der Waals surface area contributed by atoms with Crippen molar-refractivity contribution in [1.29, 1.82) is 0 Å². The summed E-state index contributed by atoms with van der Waals surface area (Å²) in [5.41, 5.74) is 1.20. The van der Waals surface area contributed by atoms with Crippen molar-refractivity contribution >= 4 is 11.3 Å². The second-order valence-corrected chi connectivity index (χ2v) is 4.91. The number of nitrogens with zero attached hydrogens (tertiary/aromatic N) is 2. The molecule has 17 heavy (non-hydrogen) atoms. The molecule has 2 rings (SSSR count). The van der Waals surface area contributed by atoms with Gasteiger partial charge in [0.15, 0.2) is 0 Å². The lowest BCUT2D eigenvalue weighted by Crippen LogP contribution is -2.23. The lowest BCUT2D eigenvalue weighted by atomic mass is 10.2. The fourth-order valence-electron chi connectivity index (χ4n) is 1.68. The van der Waals surface area contributed by atoms with Crippen LogP contribution in [0.2, 0.25) is 0 Å². The van der Waals surface area contributed by atoms with Crippen LogP contribution in [0.15, 0.2) is 29.8 Å². The summed E-state index contributed by atoms with van der Waals surface area (Å²) in [6, 6.07) is 5.92. The molecule has 0 saturated heterocycles. The van der Waals surface area contributed by atoms with Crippen LogP contribution in [-0.4, -0.2) is 28.0 Å². The Balaban J connectivity index is 1.68. The lowest BCUT2D eigenvalue weighted by Gasteiger charge is -2.10. The molecule has 4 nitrogen and oxygen atoms in total. The molecule has 0 saturated carbocycles. The van der Waals surface area contributed by atoms with Crippen LogP contribution in [0.4, 0.5) is 0 Å². The van der Waals surface area contributed by atoms with Crippen LogP contribution in [0.1, 0.15) is 16.7 Å². The molecular weight excluding hydrogens is 234 g/mol. The maximum absolute atomic E-state index is 9.85. The Morgan fingerprint density at radius 1 is 1.53 bits per heavy atom. The van der Waals surface area contributed by atoms with Crippen LogP contribution >= 0.6 is 11.3 Å². The number of hydrogen-bond acceptors (Lipinski definition) is 4. The number of aromatic nitrogens is 2. The molecule has 0 aromatic carbocycles. The maximum atomic E-state index is 9.85. The highest BCUT2D eigenvalue weighted by molar-refractivity contribution is 7.10. The standard InChI is InChI=1S/C12H17N3OS/c1-15-10(5-7-14-15)4-6-13-9-11(16)12-3-2-8-17-12/h2-3,5,7-8,11,13,16H,4,6,9H2,1H3. The van der Waals surface area contributed by atoms with Gasteiger partial charge in [0.25, 0.3) is 0 Å². The number of hydrogen-bond donors (Lipinski definition) is 2. The van der Waals surface area contributed by atoms with Crippen LogP contribution in [0.25, 0.3) is 0 Å². The van der Waals surface area contributed by atoms with E-state index in [9.17, 15) is 5.11 Å². The van der Waals surface area contributed by atoms with Crippen molar-refractivity contribution < 1.29 is 5.11 Å². The van der Waals surface area contributed by atoms with Gasteiger partial charge in [0.05, 0.1) is 0 Å². The van der Waals surface area contributed by atoms with E-state index in [1.807, 2.05) is 35.3 Å². The van der Waals surface area contributed by atoms with Gasteiger partial charge in [-0.05, 0) is 17.5 Å². The first-order valence-electron chi connectivity index (χ1n) is 5.66. The van der Waals surface area contributed by atoms with E-state index in [2.05, 4.69) is 10.4 Å². The fraction of sp³-hybridized carbons (Fsp3) is 0.417. The third-order valence-corrected chi connectivity index (χ3v) is 3.66. The summed E-state index contributed by atoms with van der Waals surface area (Å²) in [7, 11) is 1.94. The van der Waals surface area contributed by atoms with Gasteiger partial charge in [-0.2, -0.15) is 5.10 Å². The molecule has 0 aliphatic rings. The number of rotatable bonds is 6. The summed E-state index contributed by atoms with van der Waals surface area (Å²) < 4.78 is 1.87. The largest absolute Gasteiger partial charge is 0.386 e. The van der Waals surface area contributed by atoms with Gasteiger partial charge >= 0.3 is 0 Å². The number of aryl methyl sites for hydroxylation is 1. The van der Waals surface area contributed by atoms with Gasteiger partial charge in [0.2, 0.25) is 0 Å². The van der Waals surface area contributed by atoms with Crippen LogP contribution in [-0.2, 0) is 13.5 Å². The van der Waals surface area contributed by atoms with Gasteiger partial charge in [-0.3, -0.25) is 4.68 Å². The smallest absolute Gasteiger partial charge is 0.101 e. The van der Waals surface area contributed by atoms with Gasteiger partial charge in [-0.25, -0.2) is 0 Å². The third kappa shape index (κ3) is 3.39. The van der Waals surface area contributed by atoms with Crippen molar-refractivity contribution in [2.75, 3.05) is 13.1 Å². The molecule has 0 bridgehead atoms. The molecule has 92 valence electrons. The highest BCUT2D eigenvalue weighted by Crippen LogP contribution is 2.17. The van der Waals surface area contributed by atoms with Gasteiger partial charge in [-0.15, -0.1) is 11.3 Å². The quantitative estimate of drug-likeness (QED) is 0.762. The number of aliphatic hydroxyl groups excluding tert-OH is 1. The second-order valence-electron chi connectivity index (χ2n) is 3.93. The van der Waals surface area contributed by atoms with E-state index in [0.29, 0.717) is 6.54 Å². The number of nitrogens with one attached hydrogen (secondary N) is 1. The Bertz CT molecular complexity index is 438. The Labute approximate surface area is 105 Å². The summed E-state index contributed by atoms with van der Waals surface area (Å²) in [6.45, 7) is 1.44. The Morgan fingerprint density at radius 2 is 2.41 bits per heavy atom. The third-order valence-electron chi connectivity index (χ3n) is 2.69. The second kappa shape index (κ2) is 5.95. The minimum Gasteiger partial charge on any atom is -0.386 e. The van der Waals surface area contributed by atoms with Gasteiger partial charge in [-0.1, -0.05) is 6.07 Å². The maximum Gasteiger partial charge on any atom is 0.101 e. The van der Waals surface area contributed by atoms with Crippen molar-refractivity contribution in [1.82, 2.24) is 15.1 Å². The highest BCUT2D eigenvalue weighted by Gasteiger charge is 2.07. The number of aliphatic hydroxyl groups is 1. The predicted octanol–water partition coefficient (Wildman–Crippen LogP) is 1.35. The van der Waals surface area contributed by atoms with E-state index in [-0.39, 0.29) is 0 Å². The van der Waals surface area contributed by atoms with Crippen molar-refractivity contribution in [3.05, 3.63) is 40.3 Å². The monoisotopic (exact) mass is 251 g/mol. The topological polar surface area (TPSA) is 50.1 Å². The molecule has 5 heteroatoms. The first kappa shape index (κ1) is 12.3. The molecule has 2 aromatic rings. The summed E-state index contributed by atoms with van der Waals surface area (Å²) >= 11 is 1.59. The van der Waals surface area contributed by atoms with Crippen LogP contribution in [0.3, 0.4) is 0 Å². The molecule has 0 aliphatic carbocycles. The van der Waals surface area contributed by atoms with Crippen molar-refractivity contribution in [3.63, 3.8) is 0 Å². The molecule has 0 fully saturated rings. The molecule has 0 radical (unpaired) electrons. The summed E-state index contributed by atoms with van der Waals surface area (Å²) in [4.78, 5) is 1.01. The van der Waals surface area contributed by atoms with Gasteiger partial charge in [0, 0.05) is 43.3 Å². The predicted molar refractivity (Wildman–Crippen MR) is 69.1 cm³/mol. The summed E-state index contributed by atoms with van der Waals surface area (Å²) in [5, 5.41) is 19.2. The van der Waals surface area contributed by atoms with Crippen molar-refractivity contribution in [2.45, 2.75) is 12.5 Å². The SMILES string of the molecule is Cn1nccc1CCNCC(O)c1cccs1.